The third kappa shape index (κ3) is 6.96. The molecule has 2 aromatic carbocycles. The molecule has 0 radical (unpaired) electrons. The van der Waals surface area contributed by atoms with Crippen molar-refractivity contribution < 1.29 is 32.0 Å². The molecule has 37 heavy (non-hydrogen) atoms. The number of rotatable bonds is 8. The van der Waals surface area contributed by atoms with Gasteiger partial charge in [0, 0.05) is 44.6 Å². The molecule has 2 heterocycles. The summed E-state index contributed by atoms with van der Waals surface area (Å²) in [6, 6.07) is 12.9. The highest BCUT2D eigenvalue weighted by Crippen LogP contribution is 2.27. The van der Waals surface area contributed by atoms with Crippen molar-refractivity contribution in [2.75, 3.05) is 20.6 Å². The maximum atomic E-state index is 12.6. The van der Waals surface area contributed by atoms with Gasteiger partial charge in [-0.3, -0.25) is 9.59 Å². The number of carbonyl (C=O) groups is 2. The Labute approximate surface area is 211 Å². The zero-order valence-electron chi connectivity index (χ0n) is 20.3. The van der Waals surface area contributed by atoms with Crippen LogP contribution >= 0.6 is 0 Å². The predicted octanol–water partition coefficient (Wildman–Crippen LogP) is 4.47. The Hall–Kier alpha value is -4.15. The van der Waals surface area contributed by atoms with Crippen LogP contribution in [0.3, 0.4) is 0 Å². The fourth-order valence-corrected chi connectivity index (χ4v) is 3.85. The fourth-order valence-electron chi connectivity index (χ4n) is 3.85. The van der Waals surface area contributed by atoms with Crippen molar-refractivity contribution in [2.24, 2.45) is 0 Å². The van der Waals surface area contributed by atoms with Crippen LogP contribution in [0.15, 0.2) is 59.1 Å². The van der Waals surface area contributed by atoms with E-state index in [1.165, 1.54) is 24.3 Å². The van der Waals surface area contributed by atoms with E-state index in [9.17, 15) is 22.8 Å². The van der Waals surface area contributed by atoms with Crippen LogP contribution < -0.4 is 4.74 Å². The Balaban J connectivity index is 1.41. The fraction of sp³-hybridized carbons (Fsp3) is 0.308. The molecule has 0 saturated heterocycles. The number of hydrogen-bond acceptors (Lipinski definition) is 6. The van der Waals surface area contributed by atoms with Crippen molar-refractivity contribution >= 4 is 17.4 Å². The Morgan fingerprint density at radius 1 is 1.14 bits per heavy atom. The van der Waals surface area contributed by atoms with Crippen LogP contribution in [-0.2, 0) is 22.6 Å². The molecule has 1 aliphatic heterocycles. The first-order valence-corrected chi connectivity index (χ1v) is 11.5. The van der Waals surface area contributed by atoms with Gasteiger partial charge in [0.05, 0.1) is 6.54 Å². The molecule has 1 aromatic heterocycles. The molecule has 0 aliphatic carbocycles. The highest BCUT2D eigenvalue weighted by molar-refractivity contribution is 5.84. The number of aryl methyl sites for hydroxylation is 1. The van der Waals surface area contributed by atoms with Gasteiger partial charge < -0.3 is 19.1 Å². The van der Waals surface area contributed by atoms with Gasteiger partial charge in [0.25, 0.3) is 5.89 Å². The second kappa shape index (κ2) is 10.9. The predicted molar refractivity (Wildman–Crippen MR) is 128 cm³/mol. The van der Waals surface area contributed by atoms with Crippen LogP contribution in [0.2, 0.25) is 0 Å². The quantitative estimate of drug-likeness (QED) is 0.441. The smallest absolute Gasteiger partial charge is 0.406 e. The van der Waals surface area contributed by atoms with Crippen molar-refractivity contribution in [1.29, 1.82) is 0 Å². The summed E-state index contributed by atoms with van der Waals surface area (Å²) in [7, 11) is 3.45. The summed E-state index contributed by atoms with van der Waals surface area (Å²) in [5, 5.41) is 3.93. The molecule has 1 aliphatic rings. The van der Waals surface area contributed by atoms with E-state index in [0.29, 0.717) is 30.5 Å². The zero-order chi connectivity index (χ0) is 26.6. The molecule has 8 nitrogen and oxygen atoms in total. The SMILES string of the molecule is CN(C)C(=O)CCc1cccc(CN2CC(c3nc(-c4ccc(OC(F)(F)F)cc4)no3)=CCC2=O)c1. The first kappa shape index (κ1) is 25.9. The van der Waals surface area contributed by atoms with Gasteiger partial charge in [-0.2, -0.15) is 4.98 Å². The number of hydrogen-bond donors (Lipinski definition) is 0. The van der Waals surface area contributed by atoms with Crippen LogP contribution in [0.1, 0.15) is 29.9 Å². The Bertz CT molecular complexity index is 1300. The van der Waals surface area contributed by atoms with Gasteiger partial charge in [0.2, 0.25) is 17.6 Å². The highest BCUT2D eigenvalue weighted by atomic mass is 19.4. The highest BCUT2D eigenvalue weighted by Gasteiger charge is 2.31. The van der Waals surface area contributed by atoms with Crippen molar-refractivity contribution in [1.82, 2.24) is 19.9 Å². The molecule has 0 N–H and O–H groups in total. The van der Waals surface area contributed by atoms with Crippen molar-refractivity contribution in [3.05, 3.63) is 71.6 Å². The van der Waals surface area contributed by atoms with Gasteiger partial charge in [-0.05, 0) is 41.8 Å². The van der Waals surface area contributed by atoms with Crippen LogP contribution in [0, 0.1) is 0 Å². The summed E-state index contributed by atoms with van der Waals surface area (Å²) in [4.78, 5) is 32.1. The molecular formula is C26H25F3N4O4. The van der Waals surface area contributed by atoms with E-state index in [1.54, 1.807) is 30.0 Å². The lowest BCUT2D eigenvalue weighted by Crippen LogP contribution is -2.34. The third-order valence-electron chi connectivity index (χ3n) is 5.77. The molecule has 0 unspecified atom stereocenters. The zero-order valence-corrected chi connectivity index (χ0v) is 20.3. The number of nitrogens with zero attached hydrogens (tertiary/aromatic N) is 4. The second-order valence-electron chi connectivity index (χ2n) is 8.79. The topological polar surface area (TPSA) is 88.8 Å². The van der Waals surface area contributed by atoms with Gasteiger partial charge in [0.15, 0.2) is 0 Å². The molecule has 0 bridgehead atoms. The number of ether oxygens (including phenoxy) is 1. The van der Waals surface area contributed by atoms with E-state index in [2.05, 4.69) is 14.9 Å². The van der Waals surface area contributed by atoms with E-state index in [0.717, 1.165) is 11.1 Å². The third-order valence-corrected chi connectivity index (χ3v) is 5.77. The number of aromatic nitrogens is 2. The van der Waals surface area contributed by atoms with Gasteiger partial charge in [-0.25, -0.2) is 0 Å². The molecular weight excluding hydrogens is 489 g/mol. The summed E-state index contributed by atoms with van der Waals surface area (Å²) in [5.74, 6) is 0.0993. The summed E-state index contributed by atoms with van der Waals surface area (Å²) < 4.78 is 46.4. The summed E-state index contributed by atoms with van der Waals surface area (Å²) >= 11 is 0. The largest absolute Gasteiger partial charge is 0.573 e. The average Bonchev–Trinajstić information content (AvgIpc) is 3.34. The molecule has 3 aromatic rings. The standard InChI is InChI=1S/C26H25F3N4O4/c1-32(2)22(34)12-6-17-4-3-5-18(14-17)15-33-16-20(9-13-23(33)35)25-30-24(31-37-25)19-7-10-21(11-8-19)36-26(27,28)29/h3-5,7-11,14H,6,12-13,15-16H2,1-2H3. The van der Waals surface area contributed by atoms with Crippen molar-refractivity contribution in [3.63, 3.8) is 0 Å². The summed E-state index contributed by atoms with van der Waals surface area (Å²) in [5.41, 5.74) is 3.10. The second-order valence-corrected chi connectivity index (χ2v) is 8.79. The maximum absolute atomic E-state index is 12.6. The molecule has 0 spiro atoms. The van der Waals surface area contributed by atoms with E-state index < -0.39 is 6.36 Å². The van der Waals surface area contributed by atoms with Gasteiger partial charge in [-0.15, -0.1) is 13.2 Å². The average molecular weight is 515 g/mol. The van der Waals surface area contributed by atoms with Gasteiger partial charge in [0.1, 0.15) is 5.75 Å². The molecule has 0 fully saturated rings. The molecule has 0 atom stereocenters. The number of alkyl halides is 3. The minimum Gasteiger partial charge on any atom is -0.406 e. The van der Waals surface area contributed by atoms with Crippen molar-refractivity contribution in [2.45, 2.75) is 32.2 Å². The van der Waals surface area contributed by atoms with Crippen LogP contribution in [0.5, 0.6) is 5.75 Å². The lowest BCUT2D eigenvalue weighted by molar-refractivity contribution is -0.274. The number of carbonyl (C=O) groups excluding carboxylic acids is 2. The minimum atomic E-state index is -4.77. The first-order valence-electron chi connectivity index (χ1n) is 11.5. The van der Waals surface area contributed by atoms with Crippen LogP contribution in [0.25, 0.3) is 17.0 Å². The lowest BCUT2D eigenvalue weighted by atomic mass is 10.0. The van der Waals surface area contributed by atoms with E-state index in [4.69, 9.17) is 4.52 Å². The first-order chi connectivity index (χ1) is 17.6. The van der Waals surface area contributed by atoms with E-state index in [1.807, 2.05) is 24.3 Å². The number of halogens is 3. The summed E-state index contributed by atoms with van der Waals surface area (Å²) in [6.07, 6.45) is -1.85. The molecule has 2 amide bonds. The number of benzene rings is 2. The van der Waals surface area contributed by atoms with Gasteiger partial charge >= 0.3 is 6.36 Å². The molecule has 194 valence electrons. The maximum Gasteiger partial charge on any atom is 0.573 e. The van der Waals surface area contributed by atoms with Crippen LogP contribution in [-0.4, -0.2) is 58.8 Å². The summed E-state index contributed by atoms with van der Waals surface area (Å²) in [6.45, 7) is 0.648. The monoisotopic (exact) mass is 514 g/mol. The van der Waals surface area contributed by atoms with Crippen molar-refractivity contribution in [3.8, 4) is 17.1 Å². The van der Waals surface area contributed by atoms with E-state index in [-0.39, 0.29) is 42.2 Å². The van der Waals surface area contributed by atoms with Crippen LogP contribution in [0.4, 0.5) is 13.2 Å². The molecule has 0 saturated carbocycles. The Morgan fingerprint density at radius 3 is 2.57 bits per heavy atom. The van der Waals surface area contributed by atoms with Gasteiger partial charge in [-0.1, -0.05) is 35.5 Å². The molecule has 4 rings (SSSR count). The lowest BCUT2D eigenvalue weighted by Gasteiger charge is -2.26. The number of amides is 2. The Kier molecular flexibility index (Phi) is 7.61. The minimum absolute atomic E-state index is 0.0445. The normalized spacial score (nSPS) is 13.9. The van der Waals surface area contributed by atoms with E-state index >= 15 is 0 Å². The Morgan fingerprint density at radius 2 is 1.86 bits per heavy atom. The molecule has 11 heteroatoms.